The Labute approximate surface area is 115 Å². The summed E-state index contributed by atoms with van der Waals surface area (Å²) < 4.78 is 0. The van der Waals surface area contributed by atoms with Gasteiger partial charge in [0.25, 0.3) is 0 Å². The van der Waals surface area contributed by atoms with E-state index in [0.29, 0.717) is 6.54 Å². The SMILES string of the molecule is CC.CC(C)C1CCN(C)CC1.CN(C)CC=O. The number of likely N-dealkylation sites (N-methyl/N-ethyl adjacent to an activating group) is 1. The van der Waals surface area contributed by atoms with E-state index >= 15 is 0 Å². The minimum Gasteiger partial charge on any atom is -0.306 e. The molecule has 0 saturated carbocycles. The molecule has 1 fully saturated rings. The summed E-state index contributed by atoms with van der Waals surface area (Å²) in [5.41, 5.74) is 0. The molecule has 0 spiro atoms. The average molecular weight is 258 g/mol. The number of hydrogen-bond donors (Lipinski definition) is 0. The van der Waals surface area contributed by atoms with Crippen LogP contribution in [-0.2, 0) is 4.79 Å². The first-order valence-electron chi connectivity index (χ1n) is 7.24. The second-order valence-corrected chi connectivity index (χ2v) is 5.31. The van der Waals surface area contributed by atoms with Crippen LogP contribution < -0.4 is 0 Å². The van der Waals surface area contributed by atoms with Gasteiger partial charge in [-0.05, 0) is 58.9 Å². The van der Waals surface area contributed by atoms with Gasteiger partial charge in [0.05, 0.1) is 6.54 Å². The molecule has 0 aromatic heterocycles. The lowest BCUT2D eigenvalue weighted by Crippen LogP contribution is -2.32. The summed E-state index contributed by atoms with van der Waals surface area (Å²) >= 11 is 0. The van der Waals surface area contributed by atoms with Crippen molar-refractivity contribution in [1.29, 1.82) is 0 Å². The molecule has 1 saturated heterocycles. The third-order valence-corrected chi connectivity index (χ3v) is 3.15. The first kappa shape index (κ1) is 19.9. The lowest BCUT2D eigenvalue weighted by Gasteiger charge is -2.31. The van der Waals surface area contributed by atoms with Crippen molar-refractivity contribution in [3.63, 3.8) is 0 Å². The zero-order valence-corrected chi connectivity index (χ0v) is 13.6. The van der Waals surface area contributed by atoms with Crippen LogP contribution in [0.15, 0.2) is 0 Å². The minimum atomic E-state index is 0.528. The summed E-state index contributed by atoms with van der Waals surface area (Å²) in [6, 6.07) is 0. The van der Waals surface area contributed by atoms with Gasteiger partial charge < -0.3 is 14.6 Å². The molecule has 1 aliphatic heterocycles. The van der Waals surface area contributed by atoms with Gasteiger partial charge in [0.1, 0.15) is 6.29 Å². The summed E-state index contributed by atoms with van der Waals surface area (Å²) in [6.45, 7) is 11.8. The molecule has 0 aromatic carbocycles. The van der Waals surface area contributed by atoms with E-state index in [4.69, 9.17) is 0 Å². The van der Waals surface area contributed by atoms with Crippen molar-refractivity contribution in [2.75, 3.05) is 40.8 Å². The summed E-state index contributed by atoms with van der Waals surface area (Å²) in [5.74, 6) is 1.89. The van der Waals surface area contributed by atoms with Crippen LogP contribution in [0.1, 0.15) is 40.5 Å². The third-order valence-electron chi connectivity index (χ3n) is 3.15. The van der Waals surface area contributed by atoms with Gasteiger partial charge in [-0.3, -0.25) is 0 Å². The van der Waals surface area contributed by atoms with E-state index in [-0.39, 0.29) is 0 Å². The van der Waals surface area contributed by atoms with Crippen molar-refractivity contribution in [3.05, 3.63) is 0 Å². The number of rotatable bonds is 3. The van der Waals surface area contributed by atoms with Crippen molar-refractivity contribution >= 4 is 6.29 Å². The summed E-state index contributed by atoms with van der Waals surface area (Å²) in [7, 11) is 5.93. The first-order valence-corrected chi connectivity index (χ1v) is 7.24. The van der Waals surface area contributed by atoms with Crippen LogP contribution in [0.2, 0.25) is 0 Å². The predicted molar refractivity (Wildman–Crippen MR) is 81.0 cm³/mol. The Hall–Kier alpha value is -0.410. The topological polar surface area (TPSA) is 23.6 Å². The summed E-state index contributed by atoms with van der Waals surface area (Å²) in [4.78, 5) is 13.8. The molecule has 0 atom stereocenters. The highest BCUT2D eigenvalue weighted by Crippen LogP contribution is 2.23. The van der Waals surface area contributed by atoms with Crippen LogP contribution >= 0.6 is 0 Å². The van der Waals surface area contributed by atoms with Crippen LogP contribution in [0.4, 0.5) is 0 Å². The second-order valence-electron chi connectivity index (χ2n) is 5.31. The largest absolute Gasteiger partial charge is 0.306 e. The Morgan fingerprint density at radius 2 is 1.67 bits per heavy atom. The predicted octanol–water partition coefficient (Wildman–Crippen LogP) is 2.76. The van der Waals surface area contributed by atoms with Gasteiger partial charge in [0.15, 0.2) is 0 Å². The Kier molecular flexibility index (Phi) is 14.4. The number of carbonyl (C=O) groups excluding carboxylic acids is 1. The molecule has 1 rings (SSSR count). The van der Waals surface area contributed by atoms with Gasteiger partial charge in [-0.15, -0.1) is 0 Å². The molecule has 1 aliphatic rings. The molecule has 3 nitrogen and oxygen atoms in total. The lowest BCUT2D eigenvalue weighted by molar-refractivity contribution is -0.108. The van der Waals surface area contributed by atoms with Crippen LogP contribution in [0.3, 0.4) is 0 Å². The van der Waals surface area contributed by atoms with Gasteiger partial charge in [-0.25, -0.2) is 0 Å². The monoisotopic (exact) mass is 258 g/mol. The zero-order valence-electron chi connectivity index (χ0n) is 13.6. The van der Waals surface area contributed by atoms with E-state index in [1.807, 2.05) is 32.8 Å². The van der Waals surface area contributed by atoms with Crippen molar-refractivity contribution in [1.82, 2.24) is 9.80 Å². The molecule has 18 heavy (non-hydrogen) atoms. The number of carbonyl (C=O) groups is 1. The Morgan fingerprint density at radius 3 is 1.89 bits per heavy atom. The van der Waals surface area contributed by atoms with Crippen LogP contribution in [0, 0.1) is 11.8 Å². The van der Waals surface area contributed by atoms with Crippen molar-refractivity contribution in [3.8, 4) is 0 Å². The Morgan fingerprint density at radius 1 is 1.22 bits per heavy atom. The maximum absolute atomic E-state index is 9.57. The molecule has 0 unspecified atom stereocenters. The summed E-state index contributed by atoms with van der Waals surface area (Å²) in [6.07, 6.45) is 3.70. The van der Waals surface area contributed by atoms with E-state index < -0.39 is 0 Å². The molecule has 3 heteroatoms. The molecule has 0 aliphatic carbocycles. The minimum absolute atomic E-state index is 0.528. The molecule has 0 amide bonds. The third kappa shape index (κ3) is 12.1. The van der Waals surface area contributed by atoms with Crippen LogP contribution in [0.25, 0.3) is 0 Å². The van der Waals surface area contributed by atoms with E-state index in [9.17, 15) is 4.79 Å². The molecule has 0 N–H and O–H groups in total. The Balaban J connectivity index is 0. The standard InChI is InChI=1S/C9H19N.C4H9NO.C2H6/c1-8(2)9-4-6-10(3)7-5-9;1-5(2)3-4-6;1-2/h8-9H,4-7H2,1-3H3;4H,3H2,1-2H3;1-2H3. The normalized spacial score (nSPS) is 16.7. The van der Waals surface area contributed by atoms with Crippen molar-refractivity contribution in [2.24, 2.45) is 11.8 Å². The van der Waals surface area contributed by atoms with Gasteiger partial charge in [0.2, 0.25) is 0 Å². The number of piperidine rings is 1. The van der Waals surface area contributed by atoms with Crippen molar-refractivity contribution in [2.45, 2.75) is 40.5 Å². The van der Waals surface area contributed by atoms with E-state index in [1.165, 1.54) is 25.9 Å². The van der Waals surface area contributed by atoms with Crippen LogP contribution in [0.5, 0.6) is 0 Å². The van der Waals surface area contributed by atoms with E-state index in [1.54, 1.807) is 0 Å². The Bertz CT molecular complexity index is 173. The quantitative estimate of drug-likeness (QED) is 0.727. The van der Waals surface area contributed by atoms with Gasteiger partial charge in [-0.2, -0.15) is 0 Å². The summed E-state index contributed by atoms with van der Waals surface area (Å²) in [5, 5.41) is 0. The molecule has 1 heterocycles. The maximum Gasteiger partial charge on any atom is 0.133 e. The molecular weight excluding hydrogens is 224 g/mol. The fraction of sp³-hybridized carbons (Fsp3) is 0.933. The molecule has 0 radical (unpaired) electrons. The fourth-order valence-corrected chi connectivity index (χ4v) is 1.84. The molecular formula is C15H34N2O. The van der Waals surface area contributed by atoms with Gasteiger partial charge in [0, 0.05) is 0 Å². The lowest BCUT2D eigenvalue weighted by atomic mass is 9.87. The van der Waals surface area contributed by atoms with Gasteiger partial charge >= 0.3 is 0 Å². The first-order chi connectivity index (χ1) is 8.47. The van der Waals surface area contributed by atoms with Gasteiger partial charge in [-0.1, -0.05) is 27.7 Å². The van der Waals surface area contributed by atoms with Crippen LogP contribution in [-0.4, -0.2) is 56.9 Å². The number of aldehydes is 1. The fourth-order valence-electron chi connectivity index (χ4n) is 1.84. The van der Waals surface area contributed by atoms with E-state index in [2.05, 4.69) is 25.8 Å². The highest BCUT2D eigenvalue weighted by molar-refractivity contribution is 5.51. The van der Waals surface area contributed by atoms with Crippen molar-refractivity contribution < 1.29 is 4.79 Å². The zero-order chi connectivity index (χ0) is 14.6. The molecule has 0 bridgehead atoms. The molecule has 0 aromatic rings. The van der Waals surface area contributed by atoms with E-state index in [0.717, 1.165) is 18.1 Å². The highest BCUT2D eigenvalue weighted by atomic mass is 16.1. The number of likely N-dealkylation sites (tertiary alicyclic amines) is 1. The number of nitrogens with zero attached hydrogens (tertiary/aromatic N) is 2. The number of hydrogen-bond acceptors (Lipinski definition) is 3. The average Bonchev–Trinajstić information content (AvgIpc) is 2.32. The second kappa shape index (κ2) is 13.0. The maximum atomic E-state index is 9.57. The smallest absolute Gasteiger partial charge is 0.133 e. The molecule has 110 valence electrons. The highest BCUT2D eigenvalue weighted by Gasteiger charge is 2.18.